The van der Waals surface area contributed by atoms with Crippen LogP contribution in [0.3, 0.4) is 0 Å². The van der Waals surface area contributed by atoms with Gasteiger partial charge in [0.05, 0.1) is 0 Å². The van der Waals surface area contributed by atoms with Crippen LogP contribution < -0.4 is 10.1 Å². The standard InChI is InChI=1S/C29H33FN2O3/c1-21-10-16-25(17-11-21)35-20-27(33)32(19-23-12-14-24(30)15-13-23)26(28(34)31-29(2,3)4)18-22-8-6-5-7-9-22/h5-17,26H,18-20H2,1-4H3,(H,31,34)/t26-/m0/s1. The number of hydrogen-bond acceptors (Lipinski definition) is 3. The zero-order valence-electron chi connectivity index (χ0n) is 20.8. The molecule has 0 saturated carbocycles. The number of halogens is 1. The fourth-order valence-electron chi connectivity index (χ4n) is 3.66. The van der Waals surface area contributed by atoms with Gasteiger partial charge in [-0.25, -0.2) is 4.39 Å². The Labute approximate surface area is 206 Å². The van der Waals surface area contributed by atoms with E-state index in [1.165, 1.54) is 17.0 Å². The SMILES string of the molecule is Cc1ccc(OCC(=O)N(Cc2ccc(F)cc2)[C@@H](Cc2ccccc2)C(=O)NC(C)(C)C)cc1. The molecular weight excluding hydrogens is 443 g/mol. The van der Waals surface area contributed by atoms with Gasteiger partial charge in [0, 0.05) is 18.5 Å². The van der Waals surface area contributed by atoms with Gasteiger partial charge < -0.3 is 15.0 Å². The maximum atomic E-state index is 13.5. The van der Waals surface area contributed by atoms with E-state index < -0.39 is 11.6 Å². The quantitative estimate of drug-likeness (QED) is 0.469. The molecule has 0 saturated heterocycles. The molecule has 1 N–H and O–H groups in total. The molecule has 5 nitrogen and oxygen atoms in total. The van der Waals surface area contributed by atoms with Crippen LogP contribution in [0, 0.1) is 12.7 Å². The second kappa shape index (κ2) is 11.6. The normalized spacial score (nSPS) is 12.0. The number of aryl methyl sites for hydroxylation is 1. The molecule has 0 bridgehead atoms. The van der Waals surface area contributed by atoms with Gasteiger partial charge in [-0.1, -0.05) is 60.2 Å². The molecule has 3 rings (SSSR count). The fraction of sp³-hybridized carbons (Fsp3) is 0.310. The third-order valence-electron chi connectivity index (χ3n) is 5.42. The molecule has 184 valence electrons. The van der Waals surface area contributed by atoms with E-state index in [0.29, 0.717) is 12.2 Å². The number of carbonyl (C=O) groups is 2. The highest BCUT2D eigenvalue weighted by molar-refractivity contribution is 5.89. The smallest absolute Gasteiger partial charge is 0.261 e. The molecule has 35 heavy (non-hydrogen) atoms. The summed E-state index contributed by atoms with van der Waals surface area (Å²) in [5, 5.41) is 3.02. The predicted molar refractivity (Wildman–Crippen MR) is 135 cm³/mol. The first-order valence-corrected chi connectivity index (χ1v) is 11.7. The summed E-state index contributed by atoms with van der Waals surface area (Å²) in [6.45, 7) is 7.59. The number of carbonyl (C=O) groups excluding carboxylic acids is 2. The van der Waals surface area contributed by atoms with Crippen LogP contribution in [-0.2, 0) is 22.6 Å². The molecule has 0 aliphatic heterocycles. The zero-order valence-corrected chi connectivity index (χ0v) is 20.8. The maximum Gasteiger partial charge on any atom is 0.261 e. The highest BCUT2D eigenvalue weighted by Gasteiger charge is 2.32. The lowest BCUT2D eigenvalue weighted by Gasteiger charge is -2.33. The average molecular weight is 477 g/mol. The monoisotopic (exact) mass is 476 g/mol. The third kappa shape index (κ3) is 8.25. The number of nitrogens with zero attached hydrogens (tertiary/aromatic N) is 1. The fourth-order valence-corrected chi connectivity index (χ4v) is 3.66. The van der Waals surface area contributed by atoms with E-state index >= 15 is 0 Å². The van der Waals surface area contributed by atoms with Crippen LogP contribution in [-0.4, -0.2) is 34.9 Å². The Hall–Kier alpha value is -3.67. The molecule has 1 atom stereocenters. The molecule has 0 radical (unpaired) electrons. The predicted octanol–water partition coefficient (Wildman–Crippen LogP) is 5.07. The molecule has 0 aliphatic carbocycles. The van der Waals surface area contributed by atoms with Crippen LogP contribution in [0.25, 0.3) is 0 Å². The van der Waals surface area contributed by atoms with Gasteiger partial charge in [-0.3, -0.25) is 9.59 Å². The summed E-state index contributed by atoms with van der Waals surface area (Å²) < 4.78 is 19.3. The van der Waals surface area contributed by atoms with E-state index in [2.05, 4.69) is 5.32 Å². The van der Waals surface area contributed by atoms with Crippen molar-refractivity contribution in [3.8, 4) is 5.75 Å². The Balaban J connectivity index is 1.91. The van der Waals surface area contributed by atoms with Crippen molar-refractivity contribution in [3.63, 3.8) is 0 Å². The molecule has 0 fully saturated rings. The van der Waals surface area contributed by atoms with Gasteiger partial charge in [-0.15, -0.1) is 0 Å². The van der Waals surface area contributed by atoms with Crippen LogP contribution in [0.15, 0.2) is 78.9 Å². The van der Waals surface area contributed by atoms with Crippen LogP contribution in [0.1, 0.15) is 37.5 Å². The third-order valence-corrected chi connectivity index (χ3v) is 5.42. The van der Waals surface area contributed by atoms with E-state index in [0.717, 1.165) is 16.7 Å². The van der Waals surface area contributed by atoms with Crippen molar-refractivity contribution < 1.29 is 18.7 Å². The number of nitrogens with one attached hydrogen (secondary N) is 1. The Morgan fingerprint density at radius 3 is 2.14 bits per heavy atom. The van der Waals surface area contributed by atoms with Crippen molar-refractivity contribution in [3.05, 3.63) is 101 Å². The lowest BCUT2D eigenvalue weighted by Crippen LogP contribution is -2.55. The van der Waals surface area contributed by atoms with E-state index in [1.807, 2.05) is 70.2 Å². The van der Waals surface area contributed by atoms with Gasteiger partial charge in [-0.05, 0) is 63.1 Å². The van der Waals surface area contributed by atoms with Crippen molar-refractivity contribution in [2.24, 2.45) is 0 Å². The maximum absolute atomic E-state index is 13.5. The summed E-state index contributed by atoms with van der Waals surface area (Å²) in [7, 11) is 0. The summed E-state index contributed by atoms with van der Waals surface area (Å²) >= 11 is 0. The molecule has 3 aromatic carbocycles. The molecule has 2 amide bonds. The van der Waals surface area contributed by atoms with Crippen LogP contribution in [0.5, 0.6) is 5.75 Å². The van der Waals surface area contributed by atoms with E-state index in [9.17, 15) is 14.0 Å². The molecule has 0 spiro atoms. The Bertz CT molecular complexity index is 1110. The molecule has 6 heteroatoms. The van der Waals surface area contributed by atoms with Crippen molar-refractivity contribution >= 4 is 11.8 Å². The van der Waals surface area contributed by atoms with Crippen molar-refractivity contribution in [2.75, 3.05) is 6.61 Å². The van der Waals surface area contributed by atoms with Crippen LogP contribution in [0.4, 0.5) is 4.39 Å². The summed E-state index contributed by atoms with van der Waals surface area (Å²) in [5.74, 6) is -0.378. The lowest BCUT2D eigenvalue weighted by atomic mass is 10.0. The number of amides is 2. The number of ether oxygens (including phenoxy) is 1. The second-order valence-corrected chi connectivity index (χ2v) is 9.69. The minimum Gasteiger partial charge on any atom is -0.484 e. The zero-order chi connectivity index (χ0) is 25.4. The van der Waals surface area contributed by atoms with E-state index in [4.69, 9.17) is 4.74 Å². The summed E-state index contributed by atoms with van der Waals surface area (Å²) in [6.07, 6.45) is 0.334. The largest absolute Gasteiger partial charge is 0.484 e. The van der Waals surface area contributed by atoms with Gasteiger partial charge in [0.15, 0.2) is 6.61 Å². The average Bonchev–Trinajstić information content (AvgIpc) is 2.81. The molecule has 0 heterocycles. The first-order chi connectivity index (χ1) is 16.6. The Morgan fingerprint density at radius 1 is 0.914 bits per heavy atom. The van der Waals surface area contributed by atoms with Crippen molar-refractivity contribution in [1.82, 2.24) is 10.2 Å². The van der Waals surface area contributed by atoms with Gasteiger partial charge >= 0.3 is 0 Å². The minimum atomic E-state index is -0.782. The Morgan fingerprint density at radius 2 is 1.54 bits per heavy atom. The number of rotatable bonds is 9. The first kappa shape index (κ1) is 25.9. The highest BCUT2D eigenvalue weighted by Crippen LogP contribution is 2.18. The molecule has 0 aliphatic rings. The first-order valence-electron chi connectivity index (χ1n) is 11.7. The lowest BCUT2D eigenvalue weighted by molar-refractivity contribution is -0.143. The van der Waals surface area contributed by atoms with E-state index in [1.54, 1.807) is 24.3 Å². The topological polar surface area (TPSA) is 58.6 Å². The molecule has 3 aromatic rings. The Kier molecular flexibility index (Phi) is 8.63. The molecular formula is C29H33FN2O3. The van der Waals surface area contributed by atoms with Gasteiger partial charge in [0.1, 0.15) is 17.6 Å². The van der Waals surface area contributed by atoms with Crippen LogP contribution in [0.2, 0.25) is 0 Å². The number of benzene rings is 3. The summed E-state index contributed by atoms with van der Waals surface area (Å²) in [6, 6.07) is 22.2. The van der Waals surface area contributed by atoms with E-state index in [-0.39, 0.29) is 30.8 Å². The van der Waals surface area contributed by atoms with Gasteiger partial charge in [-0.2, -0.15) is 0 Å². The molecule has 0 aromatic heterocycles. The van der Waals surface area contributed by atoms with Gasteiger partial charge in [0.25, 0.3) is 5.91 Å². The number of hydrogen-bond donors (Lipinski definition) is 1. The summed E-state index contributed by atoms with van der Waals surface area (Å²) in [4.78, 5) is 28.5. The van der Waals surface area contributed by atoms with Crippen molar-refractivity contribution in [1.29, 1.82) is 0 Å². The van der Waals surface area contributed by atoms with Crippen molar-refractivity contribution in [2.45, 2.75) is 52.2 Å². The molecule has 0 unspecified atom stereocenters. The summed E-state index contributed by atoms with van der Waals surface area (Å²) in [5.41, 5.74) is 2.26. The van der Waals surface area contributed by atoms with Gasteiger partial charge in [0.2, 0.25) is 5.91 Å². The highest BCUT2D eigenvalue weighted by atomic mass is 19.1. The minimum absolute atomic E-state index is 0.144. The van der Waals surface area contributed by atoms with Crippen LogP contribution >= 0.6 is 0 Å². The second-order valence-electron chi connectivity index (χ2n) is 9.69.